The van der Waals surface area contributed by atoms with Crippen molar-refractivity contribution in [1.29, 1.82) is 0 Å². The van der Waals surface area contributed by atoms with Crippen molar-refractivity contribution in [3.8, 4) is 0 Å². The molecule has 128 valence electrons. The standard InChI is InChI=1S/C18H20ClNO3S/c19-16-7-6-15(24-16)17(21)20-12-18(22,13-4-2-1-3-5-13)14-8-10-23-11-9-14/h1-7,14,22H,8-12H2,(H,20,21)/t18-/m0/s1. The molecule has 2 N–H and O–H groups in total. The minimum atomic E-state index is -1.11. The topological polar surface area (TPSA) is 58.6 Å². The first-order valence-electron chi connectivity index (χ1n) is 7.99. The average molecular weight is 366 g/mol. The van der Waals surface area contributed by atoms with Crippen molar-refractivity contribution in [2.75, 3.05) is 19.8 Å². The summed E-state index contributed by atoms with van der Waals surface area (Å²) in [6.45, 7) is 1.43. The second-order valence-corrected chi connectivity index (χ2v) is 7.68. The van der Waals surface area contributed by atoms with Crippen LogP contribution in [0.5, 0.6) is 0 Å². The maximum absolute atomic E-state index is 12.3. The number of rotatable bonds is 5. The maximum Gasteiger partial charge on any atom is 0.261 e. The quantitative estimate of drug-likeness (QED) is 0.853. The summed E-state index contributed by atoms with van der Waals surface area (Å²) in [6, 6.07) is 12.9. The Morgan fingerprint density at radius 3 is 2.58 bits per heavy atom. The monoisotopic (exact) mass is 365 g/mol. The Kier molecular flexibility index (Phi) is 5.56. The summed E-state index contributed by atoms with van der Waals surface area (Å²) >= 11 is 7.12. The van der Waals surface area contributed by atoms with Crippen LogP contribution in [0.3, 0.4) is 0 Å². The summed E-state index contributed by atoms with van der Waals surface area (Å²) in [5, 5.41) is 14.3. The number of ether oxygens (including phenoxy) is 1. The molecular formula is C18H20ClNO3S. The van der Waals surface area contributed by atoms with Crippen LogP contribution in [0.1, 0.15) is 28.1 Å². The van der Waals surface area contributed by atoms with Gasteiger partial charge in [0.05, 0.1) is 15.8 Å². The van der Waals surface area contributed by atoms with Crippen molar-refractivity contribution in [1.82, 2.24) is 5.32 Å². The molecule has 1 aromatic carbocycles. The Bertz CT molecular complexity index is 685. The average Bonchev–Trinajstić information content (AvgIpc) is 3.07. The van der Waals surface area contributed by atoms with E-state index in [1.54, 1.807) is 12.1 Å². The highest BCUT2D eigenvalue weighted by Crippen LogP contribution is 2.36. The molecule has 0 saturated carbocycles. The SMILES string of the molecule is O=C(NC[C@](O)(c1ccccc1)C1CCOCC1)c1ccc(Cl)s1. The van der Waals surface area contributed by atoms with E-state index in [9.17, 15) is 9.90 Å². The number of benzene rings is 1. The van der Waals surface area contributed by atoms with Crippen LogP contribution in [-0.2, 0) is 10.3 Å². The van der Waals surface area contributed by atoms with Gasteiger partial charge in [0.15, 0.2) is 0 Å². The predicted octanol–water partition coefficient (Wildman–Crippen LogP) is 3.45. The third kappa shape index (κ3) is 3.81. The first-order valence-corrected chi connectivity index (χ1v) is 9.18. The number of hydrogen-bond acceptors (Lipinski definition) is 4. The van der Waals surface area contributed by atoms with Crippen molar-refractivity contribution in [2.24, 2.45) is 5.92 Å². The van der Waals surface area contributed by atoms with Gasteiger partial charge in [0, 0.05) is 13.2 Å². The number of hydrogen-bond donors (Lipinski definition) is 2. The molecule has 0 bridgehead atoms. The Balaban J connectivity index is 1.78. The second kappa shape index (κ2) is 7.66. The summed E-state index contributed by atoms with van der Waals surface area (Å²) in [5.41, 5.74) is -0.289. The van der Waals surface area contributed by atoms with E-state index in [4.69, 9.17) is 16.3 Å². The fraction of sp³-hybridized carbons (Fsp3) is 0.389. The predicted molar refractivity (Wildman–Crippen MR) is 95.5 cm³/mol. The lowest BCUT2D eigenvalue weighted by molar-refractivity contribution is -0.0680. The molecule has 1 saturated heterocycles. The zero-order valence-electron chi connectivity index (χ0n) is 13.2. The van der Waals surface area contributed by atoms with Gasteiger partial charge in [-0.3, -0.25) is 4.79 Å². The highest BCUT2D eigenvalue weighted by molar-refractivity contribution is 7.17. The number of amides is 1. The van der Waals surface area contributed by atoms with Crippen LogP contribution in [-0.4, -0.2) is 30.8 Å². The molecule has 1 aliphatic heterocycles. The molecule has 0 radical (unpaired) electrons. The number of carbonyl (C=O) groups excluding carboxylic acids is 1. The van der Waals surface area contributed by atoms with E-state index in [2.05, 4.69) is 5.32 Å². The molecule has 1 fully saturated rings. The molecule has 1 atom stereocenters. The van der Waals surface area contributed by atoms with Crippen LogP contribution in [0.15, 0.2) is 42.5 Å². The van der Waals surface area contributed by atoms with Gasteiger partial charge in [-0.1, -0.05) is 41.9 Å². The number of aliphatic hydroxyl groups is 1. The fourth-order valence-corrected chi connectivity index (χ4v) is 4.08. The first kappa shape index (κ1) is 17.4. The first-order chi connectivity index (χ1) is 11.6. The zero-order chi connectivity index (χ0) is 17.0. The smallest absolute Gasteiger partial charge is 0.261 e. The minimum Gasteiger partial charge on any atom is -0.383 e. The molecule has 2 aromatic rings. The Morgan fingerprint density at radius 1 is 1.25 bits per heavy atom. The van der Waals surface area contributed by atoms with E-state index >= 15 is 0 Å². The van der Waals surface area contributed by atoms with Gasteiger partial charge >= 0.3 is 0 Å². The van der Waals surface area contributed by atoms with Crippen LogP contribution < -0.4 is 5.32 Å². The van der Waals surface area contributed by atoms with E-state index in [0.29, 0.717) is 22.4 Å². The fourth-order valence-electron chi connectivity index (χ4n) is 3.12. The third-order valence-electron chi connectivity index (χ3n) is 4.49. The maximum atomic E-state index is 12.3. The lowest BCUT2D eigenvalue weighted by atomic mass is 9.77. The Morgan fingerprint density at radius 2 is 1.96 bits per heavy atom. The van der Waals surface area contributed by atoms with Gasteiger partial charge in [-0.25, -0.2) is 0 Å². The van der Waals surface area contributed by atoms with Gasteiger partial charge < -0.3 is 15.2 Å². The zero-order valence-corrected chi connectivity index (χ0v) is 14.8. The minimum absolute atomic E-state index is 0.0425. The van der Waals surface area contributed by atoms with Gasteiger partial charge in [-0.05, 0) is 36.5 Å². The number of nitrogens with one attached hydrogen (secondary N) is 1. The van der Waals surface area contributed by atoms with Crippen LogP contribution in [0.4, 0.5) is 0 Å². The molecule has 1 aromatic heterocycles. The summed E-state index contributed by atoms with van der Waals surface area (Å²) in [7, 11) is 0. The van der Waals surface area contributed by atoms with Crippen LogP contribution in [0.25, 0.3) is 0 Å². The molecule has 0 spiro atoms. The molecule has 1 aliphatic rings. The Labute approximate surface area is 150 Å². The van der Waals surface area contributed by atoms with Crippen LogP contribution in [0, 0.1) is 5.92 Å². The van der Waals surface area contributed by atoms with Gasteiger partial charge in [-0.15, -0.1) is 11.3 Å². The molecular weight excluding hydrogens is 346 g/mol. The van der Waals surface area contributed by atoms with Crippen molar-refractivity contribution >= 4 is 28.8 Å². The van der Waals surface area contributed by atoms with Gasteiger partial charge in [0.2, 0.25) is 0 Å². The lowest BCUT2D eigenvalue weighted by Gasteiger charge is -2.39. The number of halogens is 1. The van der Waals surface area contributed by atoms with Gasteiger partial charge in [-0.2, -0.15) is 0 Å². The largest absolute Gasteiger partial charge is 0.383 e. The van der Waals surface area contributed by atoms with E-state index < -0.39 is 5.60 Å². The third-order valence-corrected chi connectivity index (χ3v) is 5.72. The number of carbonyl (C=O) groups is 1. The van der Waals surface area contributed by atoms with Gasteiger partial charge in [0.25, 0.3) is 5.91 Å². The van der Waals surface area contributed by atoms with Crippen LogP contribution in [0.2, 0.25) is 4.34 Å². The Hall–Kier alpha value is -1.40. The van der Waals surface area contributed by atoms with Crippen LogP contribution >= 0.6 is 22.9 Å². The highest BCUT2D eigenvalue weighted by atomic mass is 35.5. The lowest BCUT2D eigenvalue weighted by Crippen LogP contribution is -2.47. The summed E-state index contributed by atoms with van der Waals surface area (Å²) in [5.74, 6) is -0.172. The molecule has 0 aliphatic carbocycles. The van der Waals surface area contributed by atoms with E-state index in [-0.39, 0.29) is 18.4 Å². The van der Waals surface area contributed by atoms with E-state index in [0.717, 1.165) is 18.4 Å². The van der Waals surface area contributed by atoms with Crippen molar-refractivity contribution in [3.05, 3.63) is 57.2 Å². The molecule has 3 rings (SSSR count). The highest BCUT2D eigenvalue weighted by Gasteiger charge is 2.39. The summed E-state index contributed by atoms with van der Waals surface area (Å²) in [4.78, 5) is 12.9. The molecule has 0 unspecified atom stereocenters. The van der Waals surface area contributed by atoms with E-state index in [1.807, 2.05) is 30.3 Å². The molecule has 2 heterocycles. The number of thiophene rings is 1. The summed E-state index contributed by atoms with van der Waals surface area (Å²) in [6.07, 6.45) is 1.54. The normalized spacial score (nSPS) is 18.1. The molecule has 4 nitrogen and oxygen atoms in total. The molecule has 1 amide bonds. The van der Waals surface area contributed by atoms with Crippen molar-refractivity contribution in [2.45, 2.75) is 18.4 Å². The van der Waals surface area contributed by atoms with Crippen molar-refractivity contribution in [3.63, 3.8) is 0 Å². The second-order valence-electron chi connectivity index (χ2n) is 5.96. The summed E-state index contributed by atoms with van der Waals surface area (Å²) < 4.78 is 5.99. The van der Waals surface area contributed by atoms with E-state index in [1.165, 1.54) is 11.3 Å². The molecule has 6 heteroatoms. The van der Waals surface area contributed by atoms with Crippen molar-refractivity contribution < 1.29 is 14.6 Å². The van der Waals surface area contributed by atoms with Gasteiger partial charge in [0.1, 0.15) is 5.60 Å². The molecule has 24 heavy (non-hydrogen) atoms.